The molecule has 0 aromatic heterocycles. The Morgan fingerprint density at radius 3 is 2.54 bits per heavy atom. The summed E-state index contributed by atoms with van der Waals surface area (Å²) in [5, 5.41) is 0.478. The summed E-state index contributed by atoms with van der Waals surface area (Å²) in [4.78, 5) is 10.7. The topological polar surface area (TPSA) is 26.3 Å². The Bertz CT molecular complexity index is 345. The van der Waals surface area contributed by atoms with E-state index in [4.69, 9.17) is 16.3 Å². The second-order valence-corrected chi connectivity index (χ2v) is 3.27. The second kappa shape index (κ2) is 3.79. The third kappa shape index (κ3) is 1.68. The molecule has 1 aromatic rings. The van der Waals surface area contributed by atoms with Crippen molar-refractivity contribution in [3.63, 3.8) is 0 Å². The van der Waals surface area contributed by atoms with E-state index in [9.17, 15) is 4.79 Å². The third-order valence-corrected chi connectivity index (χ3v) is 2.34. The third-order valence-electron chi connectivity index (χ3n) is 2.03. The normalized spacial score (nSPS) is 9.85. The SMILES string of the molecule is COc1c(C)cc(Cl)c(C=O)c1C. The molecule has 0 heterocycles. The van der Waals surface area contributed by atoms with Gasteiger partial charge < -0.3 is 4.74 Å². The van der Waals surface area contributed by atoms with Crippen LogP contribution in [-0.4, -0.2) is 13.4 Å². The maximum Gasteiger partial charge on any atom is 0.151 e. The summed E-state index contributed by atoms with van der Waals surface area (Å²) in [6, 6.07) is 1.73. The van der Waals surface area contributed by atoms with Crippen molar-refractivity contribution in [3.8, 4) is 5.75 Å². The summed E-state index contributed by atoms with van der Waals surface area (Å²) in [7, 11) is 1.58. The van der Waals surface area contributed by atoms with Gasteiger partial charge in [0.2, 0.25) is 0 Å². The predicted molar refractivity (Wildman–Crippen MR) is 52.9 cm³/mol. The van der Waals surface area contributed by atoms with E-state index in [0.717, 1.165) is 23.2 Å². The Kier molecular flexibility index (Phi) is 2.94. The highest BCUT2D eigenvalue weighted by Crippen LogP contribution is 2.30. The lowest BCUT2D eigenvalue weighted by atomic mass is 10.0. The van der Waals surface area contributed by atoms with E-state index in [1.54, 1.807) is 13.2 Å². The number of aryl methyl sites for hydroxylation is 1. The molecule has 0 bridgehead atoms. The molecule has 3 heteroatoms. The molecule has 2 nitrogen and oxygen atoms in total. The first-order valence-corrected chi connectivity index (χ1v) is 4.28. The lowest BCUT2D eigenvalue weighted by Crippen LogP contribution is -1.96. The van der Waals surface area contributed by atoms with E-state index in [1.165, 1.54) is 0 Å². The number of aldehydes is 1. The van der Waals surface area contributed by atoms with Gasteiger partial charge in [-0.25, -0.2) is 0 Å². The minimum atomic E-state index is 0.478. The number of benzene rings is 1. The zero-order valence-corrected chi connectivity index (χ0v) is 8.61. The smallest absolute Gasteiger partial charge is 0.151 e. The molecule has 0 aliphatic rings. The van der Waals surface area contributed by atoms with Crippen molar-refractivity contribution in [3.05, 3.63) is 27.8 Å². The quantitative estimate of drug-likeness (QED) is 0.684. The number of carbonyl (C=O) groups excluding carboxylic acids is 1. The van der Waals surface area contributed by atoms with E-state index in [1.807, 2.05) is 13.8 Å². The van der Waals surface area contributed by atoms with E-state index in [-0.39, 0.29) is 0 Å². The van der Waals surface area contributed by atoms with Crippen LogP contribution in [0.1, 0.15) is 21.5 Å². The van der Waals surface area contributed by atoms with Crippen LogP contribution in [-0.2, 0) is 0 Å². The largest absolute Gasteiger partial charge is 0.496 e. The zero-order chi connectivity index (χ0) is 10.0. The van der Waals surface area contributed by atoms with Crippen LogP contribution >= 0.6 is 11.6 Å². The highest BCUT2D eigenvalue weighted by Gasteiger charge is 2.11. The molecule has 0 saturated carbocycles. The standard InChI is InChI=1S/C10H11ClO2/c1-6-4-9(11)8(5-12)7(2)10(6)13-3/h4-5H,1-3H3. The fourth-order valence-electron chi connectivity index (χ4n) is 1.39. The lowest BCUT2D eigenvalue weighted by molar-refractivity contribution is 0.112. The fraction of sp³-hybridized carbons (Fsp3) is 0.300. The van der Waals surface area contributed by atoms with Crippen molar-refractivity contribution in [2.75, 3.05) is 7.11 Å². The van der Waals surface area contributed by atoms with Crippen LogP contribution in [0.2, 0.25) is 5.02 Å². The second-order valence-electron chi connectivity index (χ2n) is 2.87. The van der Waals surface area contributed by atoms with Gasteiger partial charge in [-0.3, -0.25) is 4.79 Å². The van der Waals surface area contributed by atoms with Crippen molar-refractivity contribution in [1.29, 1.82) is 0 Å². The predicted octanol–water partition coefficient (Wildman–Crippen LogP) is 2.78. The van der Waals surface area contributed by atoms with Crippen LogP contribution in [0.25, 0.3) is 0 Å². The van der Waals surface area contributed by atoms with E-state index in [2.05, 4.69) is 0 Å². The lowest BCUT2D eigenvalue weighted by Gasteiger charge is -2.11. The molecule has 0 N–H and O–H groups in total. The molecule has 0 aliphatic heterocycles. The molecule has 0 unspecified atom stereocenters. The molecule has 70 valence electrons. The molecule has 0 spiro atoms. The summed E-state index contributed by atoms with van der Waals surface area (Å²) in [5.41, 5.74) is 2.24. The van der Waals surface area contributed by atoms with E-state index >= 15 is 0 Å². The molecule has 1 aromatic carbocycles. The minimum absolute atomic E-state index is 0.478. The molecule has 0 amide bonds. The Morgan fingerprint density at radius 1 is 1.46 bits per heavy atom. The van der Waals surface area contributed by atoms with Gasteiger partial charge in [0.25, 0.3) is 0 Å². The van der Waals surface area contributed by atoms with Crippen LogP contribution < -0.4 is 4.74 Å². The average Bonchev–Trinajstić information content (AvgIpc) is 2.04. The van der Waals surface area contributed by atoms with Gasteiger partial charge in [0.15, 0.2) is 6.29 Å². The Hall–Kier alpha value is -1.02. The first kappa shape index (κ1) is 10.1. The van der Waals surface area contributed by atoms with Crippen molar-refractivity contribution >= 4 is 17.9 Å². The summed E-state index contributed by atoms with van der Waals surface area (Å²) in [6.45, 7) is 3.72. The van der Waals surface area contributed by atoms with Gasteiger partial charge in [-0.1, -0.05) is 11.6 Å². The molecule has 0 radical (unpaired) electrons. The summed E-state index contributed by atoms with van der Waals surface area (Å²) in [6.07, 6.45) is 0.750. The number of carbonyl (C=O) groups is 1. The van der Waals surface area contributed by atoms with Gasteiger partial charge in [-0.05, 0) is 25.5 Å². The number of methoxy groups -OCH3 is 1. The summed E-state index contributed by atoms with van der Waals surface area (Å²) in [5.74, 6) is 0.728. The van der Waals surface area contributed by atoms with E-state index in [0.29, 0.717) is 10.6 Å². The van der Waals surface area contributed by atoms with E-state index < -0.39 is 0 Å². The number of hydrogen-bond acceptors (Lipinski definition) is 2. The van der Waals surface area contributed by atoms with Gasteiger partial charge >= 0.3 is 0 Å². The highest BCUT2D eigenvalue weighted by atomic mass is 35.5. The molecule has 1 rings (SSSR count). The monoisotopic (exact) mass is 198 g/mol. The molecule has 0 saturated heterocycles. The number of hydrogen-bond donors (Lipinski definition) is 0. The van der Waals surface area contributed by atoms with Crippen LogP contribution in [0.5, 0.6) is 5.75 Å². The fourth-order valence-corrected chi connectivity index (χ4v) is 1.74. The van der Waals surface area contributed by atoms with Gasteiger partial charge in [-0.15, -0.1) is 0 Å². The first-order chi connectivity index (χ1) is 6.11. The Balaban J connectivity index is 3.47. The Morgan fingerprint density at radius 2 is 2.08 bits per heavy atom. The Labute approximate surface area is 82.5 Å². The van der Waals surface area contributed by atoms with Crippen molar-refractivity contribution in [1.82, 2.24) is 0 Å². The molecule has 0 aliphatic carbocycles. The molecule has 13 heavy (non-hydrogen) atoms. The van der Waals surface area contributed by atoms with Crippen molar-refractivity contribution in [2.45, 2.75) is 13.8 Å². The van der Waals surface area contributed by atoms with Gasteiger partial charge in [0, 0.05) is 11.1 Å². The van der Waals surface area contributed by atoms with Gasteiger partial charge in [0.05, 0.1) is 12.1 Å². The summed E-state index contributed by atoms with van der Waals surface area (Å²) < 4.78 is 5.16. The van der Waals surface area contributed by atoms with Crippen LogP contribution in [0.15, 0.2) is 6.07 Å². The van der Waals surface area contributed by atoms with Crippen molar-refractivity contribution in [2.24, 2.45) is 0 Å². The van der Waals surface area contributed by atoms with Crippen LogP contribution in [0.4, 0.5) is 0 Å². The maximum absolute atomic E-state index is 10.7. The number of halogens is 1. The summed E-state index contributed by atoms with van der Waals surface area (Å²) >= 11 is 5.88. The minimum Gasteiger partial charge on any atom is -0.496 e. The van der Waals surface area contributed by atoms with Crippen molar-refractivity contribution < 1.29 is 9.53 Å². The van der Waals surface area contributed by atoms with Crippen LogP contribution in [0.3, 0.4) is 0 Å². The highest BCUT2D eigenvalue weighted by molar-refractivity contribution is 6.33. The number of ether oxygens (including phenoxy) is 1. The molecular formula is C10H11ClO2. The van der Waals surface area contributed by atoms with Gasteiger partial charge in [0.1, 0.15) is 5.75 Å². The van der Waals surface area contributed by atoms with Crippen LogP contribution in [0, 0.1) is 13.8 Å². The van der Waals surface area contributed by atoms with Gasteiger partial charge in [-0.2, -0.15) is 0 Å². The molecular weight excluding hydrogens is 188 g/mol. The molecule has 0 fully saturated rings. The number of rotatable bonds is 2. The zero-order valence-electron chi connectivity index (χ0n) is 7.85. The average molecular weight is 199 g/mol. The first-order valence-electron chi connectivity index (χ1n) is 3.90. The maximum atomic E-state index is 10.7. The molecule has 0 atom stereocenters.